The first-order valence-corrected chi connectivity index (χ1v) is 25.1. The Hall–Kier alpha value is -1.67. The van der Waals surface area contributed by atoms with Gasteiger partial charge in [-0.15, -0.1) is 0 Å². The molecule has 13 nitrogen and oxygen atoms in total. The number of esters is 2. The lowest BCUT2D eigenvalue weighted by atomic mass is 9.85. The number of carbonyl (C=O) groups excluding carboxylic acids is 2. The molecule has 1 aliphatic carbocycles. The molecule has 14 heteroatoms. The van der Waals surface area contributed by atoms with Gasteiger partial charge in [0.25, 0.3) is 0 Å². The van der Waals surface area contributed by atoms with Gasteiger partial charge in [-0.3, -0.25) is 18.6 Å². The van der Waals surface area contributed by atoms with Gasteiger partial charge < -0.3 is 39.9 Å². The third kappa shape index (κ3) is 28.8. The van der Waals surface area contributed by atoms with Crippen molar-refractivity contribution in [3.8, 4) is 0 Å². The Balaban J connectivity index is 2.35. The number of phosphoric acid groups is 1. The second-order valence-electron chi connectivity index (χ2n) is 16.6. The molecule has 6 N–H and O–H groups in total. The molecule has 0 bridgehead atoms. The van der Waals surface area contributed by atoms with Crippen LogP contribution in [0.15, 0.2) is 24.3 Å². The summed E-state index contributed by atoms with van der Waals surface area (Å²) in [7, 11) is -5.12. The fraction of sp³-hybridized carbons (Fsp3) is 0.870. The number of aliphatic hydroxyl groups excluding tert-OH is 5. The van der Waals surface area contributed by atoms with E-state index in [1.807, 2.05) is 6.08 Å². The Morgan fingerprint density at radius 1 is 0.500 bits per heavy atom. The van der Waals surface area contributed by atoms with Gasteiger partial charge in [0.15, 0.2) is 6.10 Å². The minimum Gasteiger partial charge on any atom is -0.462 e. The van der Waals surface area contributed by atoms with E-state index < -0.39 is 75.7 Å². The lowest BCUT2D eigenvalue weighted by molar-refractivity contribution is -0.220. The summed E-state index contributed by atoms with van der Waals surface area (Å²) in [5.41, 5.74) is 0. The maximum absolute atomic E-state index is 12.8. The molecule has 0 amide bonds. The predicted molar refractivity (Wildman–Crippen MR) is 235 cm³/mol. The van der Waals surface area contributed by atoms with E-state index in [9.17, 15) is 44.6 Å². The zero-order chi connectivity index (χ0) is 44.3. The van der Waals surface area contributed by atoms with E-state index in [0.717, 1.165) is 44.9 Å². The molecule has 1 saturated carbocycles. The Morgan fingerprint density at radius 3 is 1.37 bits per heavy atom. The number of hydrogen-bond acceptors (Lipinski definition) is 12. The van der Waals surface area contributed by atoms with Crippen LogP contribution in [-0.2, 0) is 32.7 Å². The average molecular weight is 877 g/mol. The monoisotopic (exact) mass is 877 g/mol. The first-order chi connectivity index (χ1) is 28.9. The number of hydrogen-bond donors (Lipinski definition) is 6. The van der Waals surface area contributed by atoms with Crippen molar-refractivity contribution >= 4 is 19.8 Å². The van der Waals surface area contributed by atoms with Gasteiger partial charge in [-0.1, -0.05) is 167 Å². The number of rotatable bonds is 39. The molecular weight excluding hydrogens is 791 g/mol. The largest absolute Gasteiger partial charge is 0.472 e. The zero-order valence-electron chi connectivity index (χ0n) is 37.3. The highest BCUT2D eigenvalue weighted by atomic mass is 31.2. The van der Waals surface area contributed by atoms with Crippen molar-refractivity contribution in [1.29, 1.82) is 0 Å². The van der Waals surface area contributed by atoms with Crippen LogP contribution in [0, 0.1) is 0 Å². The maximum Gasteiger partial charge on any atom is 0.472 e. The van der Waals surface area contributed by atoms with E-state index >= 15 is 0 Å². The number of ether oxygens (including phenoxy) is 2. The topological polar surface area (TPSA) is 210 Å². The SMILES string of the molecule is CCCCCCCCCCCCCCCC/C=C/CC/C=C/CCCC(=O)OC[C@@H](COP(=O)(O)OC1C(O)C(O)C(O)[C@H](O)C1O)OC(=O)CCCCCCCCCC. The van der Waals surface area contributed by atoms with E-state index in [0.29, 0.717) is 19.3 Å². The molecule has 1 fully saturated rings. The van der Waals surface area contributed by atoms with Crippen molar-refractivity contribution in [3.05, 3.63) is 24.3 Å². The molecule has 0 aromatic heterocycles. The Labute approximate surface area is 362 Å². The fourth-order valence-corrected chi connectivity index (χ4v) is 8.16. The summed E-state index contributed by atoms with van der Waals surface area (Å²) in [5, 5.41) is 50.0. The van der Waals surface area contributed by atoms with Crippen LogP contribution in [0.2, 0.25) is 0 Å². The summed E-state index contributed by atoms with van der Waals surface area (Å²) in [6.45, 7) is 3.23. The van der Waals surface area contributed by atoms with Crippen molar-refractivity contribution in [2.24, 2.45) is 0 Å². The quantitative estimate of drug-likeness (QED) is 0.0147. The minimum atomic E-state index is -5.12. The van der Waals surface area contributed by atoms with Gasteiger partial charge in [-0.25, -0.2) is 4.57 Å². The lowest BCUT2D eigenvalue weighted by Gasteiger charge is -2.41. The molecule has 8 atom stereocenters. The van der Waals surface area contributed by atoms with Crippen LogP contribution in [0.3, 0.4) is 0 Å². The minimum absolute atomic E-state index is 0.0902. The van der Waals surface area contributed by atoms with Crippen molar-refractivity contribution in [3.63, 3.8) is 0 Å². The van der Waals surface area contributed by atoms with Crippen molar-refractivity contribution in [2.75, 3.05) is 13.2 Å². The third-order valence-electron chi connectivity index (χ3n) is 11.0. The van der Waals surface area contributed by atoms with Crippen LogP contribution in [0.25, 0.3) is 0 Å². The molecule has 0 heterocycles. The van der Waals surface area contributed by atoms with E-state index in [2.05, 4.69) is 32.1 Å². The van der Waals surface area contributed by atoms with Gasteiger partial charge in [-0.05, 0) is 44.9 Å². The normalized spacial score (nSPS) is 22.3. The van der Waals surface area contributed by atoms with Crippen LogP contribution in [0.5, 0.6) is 0 Å². The molecule has 6 unspecified atom stereocenters. The van der Waals surface area contributed by atoms with E-state index in [1.54, 1.807) is 0 Å². The van der Waals surface area contributed by atoms with Crippen molar-refractivity contribution < 1.29 is 63.1 Å². The molecule has 0 aromatic rings. The molecule has 1 aliphatic rings. The van der Waals surface area contributed by atoms with Crippen molar-refractivity contribution in [2.45, 2.75) is 243 Å². The van der Waals surface area contributed by atoms with Gasteiger partial charge in [0.2, 0.25) is 0 Å². The molecule has 1 rings (SSSR count). The molecule has 0 aliphatic heterocycles. The second kappa shape index (κ2) is 36.8. The first-order valence-electron chi connectivity index (χ1n) is 23.6. The molecule has 352 valence electrons. The molecule has 0 spiro atoms. The van der Waals surface area contributed by atoms with Gasteiger partial charge in [0.1, 0.15) is 43.2 Å². The van der Waals surface area contributed by atoms with Crippen LogP contribution in [-0.4, -0.2) is 98.3 Å². The number of phosphoric ester groups is 1. The highest BCUT2D eigenvalue weighted by Gasteiger charge is 2.51. The van der Waals surface area contributed by atoms with Gasteiger partial charge in [0, 0.05) is 12.8 Å². The Kier molecular flexibility index (Phi) is 34.5. The van der Waals surface area contributed by atoms with Crippen LogP contribution >= 0.6 is 7.82 Å². The number of aliphatic hydroxyl groups is 5. The van der Waals surface area contributed by atoms with Crippen LogP contribution < -0.4 is 0 Å². The summed E-state index contributed by atoms with van der Waals surface area (Å²) in [6.07, 6.45) is 27.2. The van der Waals surface area contributed by atoms with E-state index in [1.165, 1.54) is 109 Å². The maximum atomic E-state index is 12.8. The number of allylic oxidation sites excluding steroid dienone is 4. The Bertz CT molecular complexity index is 1150. The summed E-state index contributed by atoms with van der Waals surface area (Å²) in [4.78, 5) is 35.5. The summed E-state index contributed by atoms with van der Waals surface area (Å²) in [6, 6.07) is 0. The summed E-state index contributed by atoms with van der Waals surface area (Å²) in [5.74, 6) is -1.15. The number of unbranched alkanes of at least 4 members (excludes halogenated alkanes) is 23. The average Bonchev–Trinajstić information content (AvgIpc) is 3.23. The van der Waals surface area contributed by atoms with Crippen LogP contribution in [0.4, 0.5) is 0 Å². The molecule has 60 heavy (non-hydrogen) atoms. The highest BCUT2D eigenvalue weighted by molar-refractivity contribution is 7.47. The van der Waals surface area contributed by atoms with Gasteiger partial charge >= 0.3 is 19.8 Å². The second-order valence-corrected chi connectivity index (χ2v) is 18.0. The summed E-state index contributed by atoms with van der Waals surface area (Å²) >= 11 is 0. The van der Waals surface area contributed by atoms with E-state index in [-0.39, 0.29) is 12.8 Å². The van der Waals surface area contributed by atoms with Crippen LogP contribution in [0.1, 0.15) is 200 Å². The fourth-order valence-electron chi connectivity index (χ4n) is 7.19. The van der Waals surface area contributed by atoms with Gasteiger partial charge in [0.05, 0.1) is 6.61 Å². The molecular formula is C46H85O13P. The molecule has 0 saturated heterocycles. The first kappa shape index (κ1) is 56.3. The predicted octanol–water partition coefficient (Wildman–Crippen LogP) is 9.23. The molecule has 0 radical (unpaired) electrons. The highest BCUT2D eigenvalue weighted by Crippen LogP contribution is 2.47. The van der Waals surface area contributed by atoms with Crippen molar-refractivity contribution in [1.82, 2.24) is 0 Å². The van der Waals surface area contributed by atoms with Gasteiger partial charge in [-0.2, -0.15) is 0 Å². The Morgan fingerprint density at radius 2 is 0.883 bits per heavy atom. The zero-order valence-corrected chi connectivity index (χ0v) is 38.2. The summed E-state index contributed by atoms with van der Waals surface area (Å²) < 4.78 is 33.3. The molecule has 0 aromatic carbocycles. The number of carbonyl (C=O) groups is 2. The lowest BCUT2D eigenvalue weighted by Crippen LogP contribution is -2.64. The smallest absolute Gasteiger partial charge is 0.462 e. The standard InChI is InChI=1S/C46H85O13P/c1-3-5-7-9-11-13-14-15-16-17-18-19-20-21-22-23-24-25-26-27-29-30-32-34-39(47)56-36-38(58-40(48)35-33-31-28-12-10-8-6-4-2)37-57-60(54,55)59-46-44(52)42(50)41(49)43(51)45(46)53/h23-24,27,29,38,41-46,49-53H,3-22,25-26,28,30-37H2,1-2H3,(H,54,55)/b24-23+,29-27+/t38-,41?,42-,43?,44?,45?,46?/m0/s1. The van der Waals surface area contributed by atoms with E-state index in [4.69, 9.17) is 18.5 Å². The third-order valence-corrected chi connectivity index (χ3v) is 12.0.